The highest BCUT2D eigenvalue weighted by Gasteiger charge is 2.52. The van der Waals surface area contributed by atoms with Gasteiger partial charge in [0.2, 0.25) is 11.8 Å². The lowest BCUT2D eigenvalue weighted by atomic mass is 9.89. The van der Waals surface area contributed by atoms with Gasteiger partial charge in [0.25, 0.3) is 5.91 Å². The van der Waals surface area contributed by atoms with E-state index in [9.17, 15) is 37.6 Å². The molecule has 4 heterocycles. The molecule has 4 aliphatic rings. The largest absolute Gasteiger partial charge is 0.417 e. The van der Waals surface area contributed by atoms with Crippen molar-refractivity contribution >= 4 is 69.2 Å². The van der Waals surface area contributed by atoms with Crippen LogP contribution < -0.4 is 20.4 Å². The Labute approximate surface area is 351 Å². The van der Waals surface area contributed by atoms with Crippen molar-refractivity contribution in [2.24, 2.45) is 7.05 Å². The van der Waals surface area contributed by atoms with Crippen LogP contribution in [0.3, 0.4) is 0 Å². The third kappa shape index (κ3) is 8.29. The molecule has 15 nitrogen and oxygen atoms in total. The number of hydrogen-bond acceptors (Lipinski definition) is 10. The molecule has 3 aliphatic heterocycles. The van der Waals surface area contributed by atoms with Gasteiger partial charge in [-0.05, 0) is 95.9 Å². The van der Waals surface area contributed by atoms with Crippen LogP contribution in [-0.4, -0.2) is 122 Å². The molecule has 4 fully saturated rings. The molecule has 2 N–H and O–H groups in total. The van der Waals surface area contributed by atoms with Crippen molar-refractivity contribution in [3.63, 3.8) is 0 Å². The fourth-order valence-corrected chi connectivity index (χ4v) is 9.74. The third-order valence-electron chi connectivity index (χ3n) is 12.1. The van der Waals surface area contributed by atoms with Crippen LogP contribution in [0.15, 0.2) is 36.4 Å². The standard InChI is InChI=1S/C41H49F3N10O5S/c1-24-21-50(22-25(2)52(24)23-34(56)46-32-8-6-7-30-35(32)49(5)48-36(30)51-16-15-33(55)47-38(51)58)17-18-59-29-13-11-27(12-14-29)54-39(60)53(37(57)40(54,3)4)28-10-9-26(20-45)31(19-28)41(42,43)44/h6-10,19,24-25,27,29H,11-18,21-23H2,1-5H3,(H,46,56)(H,47,55,58)/t24-,25+,27-,29-. The molecule has 320 valence electrons. The predicted molar refractivity (Wildman–Crippen MR) is 221 cm³/mol. The van der Waals surface area contributed by atoms with E-state index < -0.39 is 34.8 Å². The number of thiocarbonyl (C=S) groups is 1. The summed E-state index contributed by atoms with van der Waals surface area (Å²) in [6.45, 7) is 10.8. The summed E-state index contributed by atoms with van der Waals surface area (Å²) < 4.78 is 49.2. The normalized spacial score (nSPS) is 24.3. The van der Waals surface area contributed by atoms with Crippen LogP contribution in [0.5, 0.6) is 0 Å². The molecule has 19 heteroatoms. The number of carbonyl (C=O) groups excluding carboxylic acids is 4. The maximum absolute atomic E-state index is 13.8. The molecule has 3 saturated heterocycles. The Kier molecular flexibility index (Phi) is 12.0. The Morgan fingerprint density at radius 2 is 1.78 bits per heavy atom. The summed E-state index contributed by atoms with van der Waals surface area (Å²) >= 11 is 5.75. The number of imide groups is 1. The number of aryl methyl sites for hydroxylation is 1. The number of fused-ring (bicyclic) bond motifs is 1. The van der Waals surface area contributed by atoms with Gasteiger partial charge in [-0.15, -0.1) is 0 Å². The summed E-state index contributed by atoms with van der Waals surface area (Å²) in [5.74, 6) is -0.501. The first-order valence-corrected chi connectivity index (χ1v) is 20.6. The van der Waals surface area contributed by atoms with Gasteiger partial charge >= 0.3 is 12.2 Å². The molecule has 2 aromatic carbocycles. The summed E-state index contributed by atoms with van der Waals surface area (Å²) in [6.07, 6.45) is -1.72. The van der Waals surface area contributed by atoms with E-state index in [2.05, 4.69) is 39.4 Å². The number of nitriles is 1. The Balaban J connectivity index is 0.884. The number of amides is 5. The number of aromatic nitrogens is 2. The number of nitrogens with one attached hydrogen (secondary N) is 2. The molecule has 0 spiro atoms. The third-order valence-corrected chi connectivity index (χ3v) is 12.5. The summed E-state index contributed by atoms with van der Waals surface area (Å²) in [4.78, 5) is 60.3. The molecule has 2 atom stereocenters. The zero-order chi connectivity index (χ0) is 43.3. The van der Waals surface area contributed by atoms with E-state index in [4.69, 9.17) is 17.0 Å². The molecule has 1 aliphatic carbocycles. The average molecular weight is 851 g/mol. The highest BCUT2D eigenvalue weighted by molar-refractivity contribution is 7.80. The number of hydrogen-bond donors (Lipinski definition) is 2. The van der Waals surface area contributed by atoms with Gasteiger partial charge in [-0.2, -0.15) is 23.5 Å². The lowest BCUT2D eigenvalue weighted by Gasteiger charge is -2.44. The van der Waals surface area contributed by atoms with Crippen LogP contribution >= 0.6 is 12.2 Å². The number of nitrogens with zero attached hydrogens (tertiary/aromatic N) is 8. The number of ether oxygens (including phenoxy) is 1. The van der Waals surface area contributed by atoms with Crippen LogP contribution in [0.25, 0.3) is 10.9 Å². The van der Waals surface area contributed by atoms with Gasteiger partial charge in [0.15, 0.2) is 10.9 Å². The smallest absolute Gasteiger partial charge is 0.377 e. The van der Waals surface area contributed by atoms with E-state index in [-0.39, 0.29) is 66.4 Å². The van der Waals surface area contributed by atoms with Crippen LogP contribution in [0.1, 0.15) is 70.9 Å². The molecule has 3 aromatic rings. The highest BCUT2D eigenvalue weighted by Crippen LogP contribution is 2.41. The van der Waals surface area contributed by atoms with E-state index in [0.29, 0.717) is 41.9 Å². The Morgan fingerprint density at radius 1 is 1.08 bits per heavy atom. The minimum atomic E-state index is -4.77. The van der Waals surface area contributed by atoms with E-state index >= 15 is 0 Å². The number of piperazine rings is 1. The van der Waals surface area contributed by atoms with Crippen molar-refractivity contribution in [1.29, 1.82) is 5.26 Å². The number of para-hydroxylation sites is 1. The second-order valence-electron chi connectivity index (χ2n) is 16.6. The Bertz CT molecular complexity index is 2240. The van der Waals surface area contributed by atoms with Crippen molar-refractivity contribution in [3.05, 3.63) is 47.5 Å². The molecule has 5 amide bonds. The maximum atomic E-state index is 13.8. The topological polar surface area (TPSA) is 159 Å². The minimum Gasteiger partial charge on any atom is -0.377 e. The fourth-order valence-electron chi connectivity index (χ4n) is 9.17. The van der Waals surface area contributed by atoms with Gasteiger partial charge in [-0.25, -0.2) is 4.79 Å². The fraction of sp³-hybridized carbons (Fsp3) is 0.537. The lowest BCUT2D eigenvalue weighted by molar-refractivity contribution is -0.137. The van der Waals surface area contributed by atoms with E-state index in [1.54, 1.807) is 43.8 Å². The highest BCUT2D eigenvalue weighted by atomic mass is 32.1. The van der Waals surface area contributed by atoms with Gasteiger partial charge in [-0.1, -0.05) is 6.07 Å². The first-order valence-electron chi connectivity index (χ1n) is 20.1. The average Bonchev–Trinajstić information content (AvgIpc) is 3.61. The van der Waals surface area contributed by atoms with E-state index in [0.717, 1.165) is 49.5 Å². The van der Waals surface area contributed by atoms with Crippen LogP contribution in [-0.2, 0) is 32.3 Å². The van der Waals surface area contributed by atoms with Crippen molar-refractivity contribution in [3.8, 4) is 6.07 Å². The summed E-state index contributed by atoms with van der Waals surface area (Å²) in [5.41, 5.74) is -1.48. The second kappa shape index (κ2) is 16.7. The summed E-state index contributed by atoms with van der Waals surface area (Å²) in [6, 6.07) is 9.79. The Morgan fingerprint density at radius 3 is 2.43 bits per heavy atom. The quantitative estimate of drug-likeness (QED) is 0.265. The molecule has 1 aromatic heterocycles. The molecular weight excluding hydrogens is 802 g/mol. The minimum absolute atomic E-state index is 0.0150. The van der Waals surface area contributed by atoms with Crippen LogP contribution in [0, 0.1) is 11.3 Å². The van der Waals surface area contributed by atoms with Crippen LogP contribution in [0.2, 0.25) is 0 Å². The number of alkyl halides is 3. The second-order valence-corrected chi connectivity index (χ2v) is 16.9. The molecule has 0 radical (unpaired) electrons. The lowest BCUT2D eigenvalue weighted by Crippen LogP contribution is -2.58. The first kappa shape index (κ1) is 42.9. The Hall–Kier alpha value is -5.16. The van der Waals surface area contributed by atoms with Crippen LogP contribution in [0.4, 0.5) is 35.2 Å². The molecule has 0 unspecified atom stereocenters. The number of urea groups is 1. The SMILES string of the molecule is C[C@@H]1CN(CCO[C@H]2CC[C@H](N3C(=S)N(c4ccc(C#N)c(C(F)(F)F)c4)C(=O)C3(C)C)CC2)C[C@H](C)N1CC(=O)Nc1cccc2c(N3CCC(=O)NC3=O)nn(C)c12. The number of rotatable bonds is 10. The molecule has 7 rings (SSSR count). The summed E-state index contributed by atoms with van der Waals surface area (Å²) in [5, 5.41) is 20.0. The van der Waals surface area contributed by atoms with E-state index in [1.165, 1.54) is 11.0 Å². The zero-order valence-electron chi connectivity index (χ0n) is 34.2. The monoisotopic (exact) mass is 850 g/mol. The number of halogens is 3. The zero-order valence-corrected chi connectivity index (χ0v) is 35.0. The molecule has 0 bridgehead atoms. The van der Waals surface area contributed by atoms with E-state index in [1.807, 2.05) is 11.0 Å². The molecule has 1 saturated carbocycles. The van der Waals surface area contributed by atoms with Gasteiger partial charge in [0.05, 0.1) is 53.3 Å². The van der Waals surface area contributed by atoms with Crippen molar-refractivity contribution in [1.82, 2.24) is 29.8 Å². The number of anilines is 3. The summed E-state index contributed by atoms with van der Waals surface area (Å²) in [7, 11) is 1.75. The van der Waals surface area contributed by atoms with Crippen molar-refractivity contribution in [2.45, 2.75) is 95.7 Å². The van der Waals surface area contributed by atoms with Crippen molar-refractivity contribution in [2.75, 3.05) is 54.4 Å². The van der Waals surface area contributed by atoms with Gasteiger partial charge in [0, 0.05) is 63.2 Å². The van der Waals surface area contributed by atoms with Gasteiger partial charge in [-0.3, -0.25) is 44.0 Å². The molecule has 60 heavy (non-hydrogen) atoms. The number of benzene rings is 2. The first-order chi connectivity index (χ1) is 28.4. The predicted octanol–water partition coefficient (Wildman–Crippen LogP) is 4.98. The molecular formula is C41H49F3N10O5S. The van der Waals surface area contributed by atoms with Crippen molar-refractivity contribution < 1.29 is 37.1 Å². The van der Waals surface area contributed by atoms with Gasteiger partial charge in [0.1, 0.15) is 5.54 Å². The number of carbonyl (C=O) groups is 4. The van der Waals surface area contributed by atoms with Gasteiger partial charge < -0.3 is 15.0 Å². The maximum Gasteiger partial charge on any atom is 0.417 e.